The van der Waals surface area contributed by atoms with Gasteiger partial charge in [0.1, 0.15) is 29.5 Å². The second-order valence-corrected chi connectivity index (χ2v) is 10.9. The zero-order chi connectivity index (χ0) is 28.7. The zero-order valence-electron chi connectivity index (χ0n) is 23.8. The van der Waals surface area contributed by atoms with Crippen LogP contribution in [0.4, 0.5) is 14.0 Å². The summed E-state index contributed by atoms with van der Waals surface area (Å²) in [5, 5.41) is 0. The van der Waals surface area contributed by atoms with Crippen molar-refractivity contribution in [1.82, 2.24) is 4.90 Å². The number of hydrogen-bond donors (Lipinski definition) is 0. The highest BCUT2D eigenvalue weighted by Crippen LogP contribution is 2.25. The van der Waals surface area contributed by atoms with E-state index in [1.54, 1.807) is 41.5 Å². The lowest BCUT2D eigenvalue weighted by Gasteiger charge is -2.33. The lowest BCUT2D eigenvalue weighted by Crippen LogP contribution is -2.52. The molecule has 0 aromatic heterocycles. The van der Waals surface area contributed by atoms with Crippen molar-refractivity contribution in [3.05, 3.63) is 0 Å². The smallest absolute Gasteiger partial charge is 0.420 e. The topological polar surface area (TPSA) is 125 Å². The number of carbonyl (C=O) groups excluding carboxylic acids is 3. The molecule has 0 aromatic carbocycles. The van der Waals surface area contributed by atoms with E-state index in [9.17, 15) is 14.4 Å². The number of aliphatic imine (C=N–C) groups is 2. The number of alkyl halides is 1. The molecule has 0 spiro atoms. The SMILES string of the molecule is COC(=O)[C@H](CC[C@@H](F)[C@H]1N=C(OC)[C@H](C(C)C)N=C1OC)N(C(=O)OC(C)(C)C)C(=O)OC(C)(C)C. The molecule has 0 saturated carbocycles. The van der Waals surface area contributed by atoms with Gasteiger partial charge in [-0.2, -0.15) is 4.90 Å². The number of imide groups is 1. The van der Waals surface area contributed by atoms with E-state index in [0.717, 1.165) is 7.11 Å². The number of halogens is 1. The molecule has 0 aliphatic carbocycles. The standard InChI is InChI=1S/C25H42FN3O8/c1-14(2)17-19(33-9)28-18(20(27-17)34-10)15(26)12-13-16(21(30)35-11)29(22(31)36-24(3,4)5)23(32)37-25(6,7)8/h14-18H,12-13H2,1-11H3/t15-,16+,17+,18-/m1/s1. The number of amides is 2. The van der Waals surface area contributed by atoms with Gasteiger partial charge in [0.05, 0.1) is 21.3 Å². The minimum Gasteiger partial charge on any atom is -0.483 e. The molecule has 0 fully saturated rings. The molecule has 0 bridgehead atoms. The van der Waals surface area contributed by atoms with Crippen molar-refractivity contribution in [1.29, 1.82) is 0 Å². The van der Waals surface area contributed by atoms with Crippen molar-refractivity contribution >= 4 is 30.0 Å². The summed E-state index contributed by atoms with van der Waals surface area (Å²) in [4.78, 5) is 48.1. The summed E-state index contributed by atoms with van der Waals surface area (Å²) < 4.78 is 41.7. The summed E-state index contributed by atoms with van der Waals surface area (Å²) in [6.07, 6.45) is -4.54. The summed E-state index contributed by atoms with van der Waals surface area (Å²) in [5.74, 6) is -0.563. The van der Waals surface area contributed by atoms with Gasteiger partial charge in [-0.1, -0.05) is 13.8 Å². The molecule has 0 saturated heterocycles. The number of carbonyl (C=O) groups is 3. The summed E-state index contributed by atoms with van der Waals surface area (Å²) in [6, 6.07) is -3.08. The normalized spacial score (nSPS) is 19.7. The molecule has 0 radical (unpaired) electrons. The van der Waals surface area contributed by atoms with E-state index in [1.165, 1.54) is 14.2 Å². The minimum absolute atomic E-state index is 0.0304. The first-order chi connectivity index (χ1) is 16.9. The first-order valence-electron chi connectivity index (χ1n) is 12.2. The van der Waals surface area contributed by atoms with Gasteiger partial charge in [-0.3, -0.25) is 0 Å². The third kappa shape index (κ3) is 9.47. The van der Waals surface area contributed by atoms with Crippen LogP contribution < -0.4 is 0 Å². The van der Waals surface area contributed by atoms with Gasteiger partial charge in [0.2, 0.25) is 11.8 Å². The van der Waals surface area contributed by atoms with Gasteiger partial charge in [0.25, 0.3) is 0 Å². The van der Waals surface area contributed by atoms with Gasteiger partial charge >= 0.3 is 18.2 Å². The quantitative estimate of drug-likeness (QED) is 0.351. The van der Waals surface area contributed by atoms with Gasteiger partial charge in [0, 0.05) is 0 Å². The molecule has 0 unspecified atom stereocenters. The van der Waals surface area contributed by atoms with E-state index in [2.05, 4.69) is 9.98 Å². The molecule has 37 heavy (non-hydrogen) atoms. The Kier molecular flexibility index (Phi) is 11.3. The Bertz CT molecular complexity index is 848. The van der Waals surface area contributed by atoms with Crippen LogP contribution in [0.3, 0.4) is 0 Å². The third-order valence-electron chi connectivity index (χ3n) is 5.11. The number of ether oxygens (including phenoxy) is 5. The predicted octanol–water partition coefficient (Wildman–Crippen LogP) is 4.32. The lowest BCUT2D eigenvalue weighted by molar-refractivity contribution is -0.147. The number of methoxy groups -OCH3 is 3. The molecule has 212 valence electrons. The van der Waals surface area contributed by atoms with E-state index in [-0.39, 0.29) is 30.6 Å². The highest BCUT2D eigenvalue weighted by molar-refractivity contribution is 5.95. The molecule has 1 aliphatic rings. The summed E-state index contributed by atoms with van der Waals surface area (Å²) in [7, 11) is 3.90. The molecule has 11 nitrogen and oxygen atoms in total. The van der Waals surface area contributed by atoms with Crippen molar-refractivity contribution in [2.24, 2.45) is 15.9 Å². The minimum atomic E-state index is -1.69. The Hall–Kier alpha value is -2.92. The zero-order valence-corrected chi connectivity index (χ0v) is 23.8. The monoisotopic (exact) mass is 531 g/mol. The maximum atomic E-state index is 15.6. The van der Waals surface area contributed by atoms with Crippen LogP contribution in [0.15, 0.2) is 9.98 Å². The fraction of sp³-hybridized carbons (Fsp3) is 0.800. The van der Waals surface area contributed by atoms with Crippen molar-refractivity contribution in [3.8, 4) is 0 Å². The maximum Gasteiger partial charge on any atom is 0.420 e. The Morgan fingerprint density at radius 3 is 1.65 bits per heavy atom. The van der Waals surface area contributed by atoms with E-state index < -0.39 is 53.7 Å². The van der Waals surface area contributed by atoms with Crippen molar-refractivity contribution < 1.29 is 42.5 Å². The van der Waals surface area contributed by atoms with Crippen LogP contribution in [0.25, 0.3) is 0 Å². The first-order valence-corrected chi connectivity index (χ1v) is 12.2. The number of rotatable bonds is 7. The second kappa shape index (κ2) is 13.0. The molecule has 1 aliphatic heterocycles. The third-order valence-corrected chi connectivity index (χ3v) is 5.11. The van der Waals surface area contributed by atoms with Gasteiger partial charge in [-0.05, 0) is 60.3 Å². The lowest BCUT2D eigenvalue weighted by atomic mass is 9.99. The van der Waals surface area contributed by atoms with Crippen LogP contribution in [0, 0.1) is 5.92 Å². The van der Waals surface area contributed by atoms with Crippen LogP contribution in [-0.4, -0.2) is 91.7 Å². The first kappa shape index (κ1) is 32.1. The van der Waals surface area contributed by atoms with Crippen molar-refractivity contribution in [2.45, 2.75) is 104 Å². The predicted molar refractivity (Wildman–Crippen MR) is 136 cm³/mol. The number of hydrogen-bond acceptors (Lipinski definition) is 10. The van der Waals surface area contributed by atoms with Gasteiger partial charge in [0.15, 0.2) is 6.04 Å². The van der Waals surface area contributed by atoms with Crippen LogP contribution in [-0.2, 0) is 28.5 Å². The average Bonchev–Trinajstić information content (AvgIpc) is 2.77. The van der Waals surface area contributed by atoms with Crippen LogP contribution >= 0.6 is 0 Å². The Balaban J connectivity index is 3.29. The number of nitrogens with zero attached hydrogens (tertiary/aromatic N) is 3. The number of esters is 1. The van der Waals surface area contributed by atoms with E-state index in [0.29, 0.717) is 4.90 Å². The molecule has 0 aromatic rings. The molecule has 4 atom stereocenters. The molecule has 12 heteroatoms. The van der Waals surface area contributed by atoms with E-state index >= 15 is 4.39 Å². The molecule has 0 N–H and O–H groups in total. The highest BCUT2D eigenvalue weighted by atomic mass is 19.1. The Morgan fingerprint density at radius 1 is 0.838 bits per heavy atom. The molecule has 1 heterocycles. The van der Waals surface area contributed by atoms with Crippen LogP contribution in [0.1, 0.15) is 68.2 Å². The fourth-order valence-electron chi connectivity index (χ4n) is 3.47. The summed E-state index contributed by atoms with van der Waals surface area (Å²) in [5.41, 5.74) is -1.96. The Morgan fingerprint density at radius 2 is 1.27 bits per heavy atom. The van der Waals surface area contributed by atoms with Crippen molar-refractivity contribution in [3.63, 3.8) is 0 Å². The van der Waals surface area contributed by atoms with E-state index in [4.69, 9.17) is 23.7 Å². The van der Waals surface area contributed by atoms with Gasteiger partial charge < -0.3 is 23.7 Å². The maximum absolute atomic E-state index is 15.6. The Labute approximate surface area is 218 Å². The van der Waals surface area contributed by atoms with Crippen LogP contribution in [0.5, 0.6) is 0 Å². The molecule has 2 amide bonds. The summed E-state index contributed by atoms with van der Waals surface area (Å²) in [6.45, 7) is 13.5. The highest BCUT2D eigenvalue weighted by Gasteiger charge is 2.42. The average molecular weight is 532 g/mol. The van der Waals surface area contributed by atoms with Gasteiger partial charge in [-0.15, -0.1) is 0 Å². The summed E-state index contributed by atoms with van der Waals surface area (Å²) >= 11 is 0. The molecular weight excluding hydrogens is 489 g/mol. The largest absolute Gasteiger partial charge is 0.483 e. The molecular formula is C25H42FN3O8. The van der Waals surface area contributed by atoms with Crippen molar-refractivity contribution in [2.75, 3.05) is 21.3 Å². The van der Waals surface area contributed by atoms with Gasteiger partial charge in [-0.25, -0.2) is 28.8 Å². The fourth-order valence-corrected chi connectivity index (χ4v) is 3.47. The van der Waals surface area contributed by atoms with E-state index in [1.807, 2.05) is 13.8 Å². The molecule has 1 rings (SSSR count). The second-order valence-electron chi connectivity index (χ2n) is 10.9. The van der Waals surface area contributed by atoms with Crippen LogP contribution in [0.2, 0.25) is 0 Å².